The summed E-state index contributed by atoms with van der Waals surface area (Å²) in [6, 6.07) is 1.66. The smallest absolute Gasteiger partial charge is 0.279 e. The molecule has 1 heterocycles. The van der Waals surface area contributed by atoms with Gasteiger partial charge in [0.2, 0.25) is 0 Å². The van der Waals surface area contributed by atoms with Gasteiger partial charge in [-0.2, -0.15) is 17.4 Å². The van der Waals surface area contributed by atoms with E-state index in [4.69, 9.17) is 9.63 Å². The van der Waals surface area contributed by atoms with Crippen molar-refractivity contribution in [3.05, 3.63) is 17.5 Å². The van der Waals surface area contributed by atoms with Crippen molar-refractivity contribution in [3.8, 4) is 0 Å². The molecule has 7 nitrogen and oxygen atoms in total. The molecule has 0 unspecified atom stereocenters. The summed E-state index contributed by atoms with van der Waals surface area (Å²) in [5.41, 5.74) is 0.702. The third kappa shape index (κ3) is 4.43. The van der Waals surface area contributed by atoms with Gasteiger partial charge >= 0.3 is 0 Å². The highest BCUT2D eigenvalue weighted by atomic mass is 32.2. The molecule has 0 aliphatic heterocycles. The van der Waals surface area contributed by atoms with E-state index in [1.165, 1.54) is 7.05 Å². The maximum Gasteiger partial charge on any atom is 0.279 e. The number of hydrogen-bond acceptors (Lipinski definition) is 5. The van der Waals surface area contributed by atoms with Crippen LogP contribution in [0.3, 0.4) is 0 Å². The molecular formula is C9H17N3O4S. The van der Waals surface area contributed by atoms with Crippen LogP contribution in [0.2, 0.25) is 0 Å². The Hall–Kier alpha value is -0.960. The second kappa shape index (κ2) is 6.10. The van der Waals surface area contributed by atoms with Crippen LogP contribution in [0.5, 0.6) is 0 Å². The number of nitrogens with one attached hydrogen (secondary N) is 1. The fourth-order valence-electron chi connectivity index (χ4n) is 1.19. The molecule has 8 heteroatoms. The fraction of sp³-hybridized carbons (Fsp3) is 0.667. The SMILES string of the molecule is Cc1cc(CNS(=O)(=O)N(C)CCCO)on1. The number of aliphatic hydroxyl groups is 1. The Morgan fingerprint density at radius 2 is 2.29 bits per heavy atom. The lowest BCUT2D eigenvalue weighted by atomic mass is 10.4. The number of aliphatic hydroxyl groups excluding tert-OH is 1. The molecule has 0 radical (unpaired) electrons. The molecule has 0 atom stereocenters. The van der Waals surface area contributed by atoms with Crippen molar-refractivity contribution >= 4 is 10.2 Å². The van der Waals surface area contributed by atoms with Crippen LogP contribution in [0, 0.1) is 6.92 Å². The van der Waals surface area contributed by atoms with E-state index in [9.17, 15) is 8.42 Å². The topological polar surface area (TPSA) is 95.7 Å². The molecule has 0 fully saturated rings. The lowest BCUT2D eigenvalue weighted by Gasteiger charge is -2.16. The van der Waals surface area contributed by atoms with Gasteiger partial charge in [-0.1, -0.05) is 5.16 Å². The van der Waals surface area contributed by atoms with E-state index in [1.54, 1.807) is 13.0 Å². The normalized spacial score (nSPS) is 12.2. The van der Waals surface area contributed by atoms with E-state index >= 15 is 0 Å². The minimum Gasteiger partial charge on any atom is -0.396 e. The van der Waals surface area contributed by atoms with Gasteiger partial charge in [-0.25, -0.2) is 0 Å². The Kier molecular flexibility index (Phi) is 5.06. The largest absolute Gasteiger partial charge is 0.396 e. The fourth-order valence-corrected chi connectivity index (χ4v) is 2.10. The molecule has 0 saturated heterocycles. The van der Waals surface area contributed by atoms with Crippen LogP contribution >= 0.6 is 0 Å². The summed E-state index contributed by atoms with van der Waals surface area (Å²) < 4.78 is 31.8. The first kappa shape index (κ1) is 14.1. The lowest BCUT2D eigenvalue weighted by Crippen LogP contribution is -2.38. The Morgan fingerprint density at radius 3 is 2.82 bits per heavy atom. The van der Waals surface area contributed by atoms with Gasteiger partial charge in [-0.15, -0.1) is 0 Å². The van der Waals surface area contributed by atoms with Gasteiger partial charge in [0.15, 0.2) is 5.76 Å². The number of hydrogen-bond donors (Lipinski definition) is 2. The minimum absolute atomic E-state index is 0.0405. The number of aryl methyl sites for hydroxylation is 1. The zero-order valence-electron chi connectivity index (χ0n) is 9.88. The first-order valence-corrected chi connectivity index (χ1v) is 6.63. The summed E-state index contributed by atoms with van der Waals surface area (Å²) in [5, 5.41) is 12.3. The quantitative estimate of drug-likeness (QED) is 0.700. The highest BCUT2D eigenvalue weighted by Crippen LogP contribution is 2.03. The molecule has 1 rings (SSSR count). The molecule has 0 spiro atoms. The van der Waals surface area contributed by atoms with Gasteiger partial charge < -0.3 is 9.63 Å². The summed E-state index contributed by atoms with van der Waals surface area (Å²) in [7, 11) is -2.09. The van der Waals surface area contributed by atoms with Gasteiger partial charge in [-0.3, -0.25) is 0 Å². The van der Waals surface area contributed by atoms with Crippen LogP contribution in [-0.2, 0) is 16.8 Å². The predicted molar refractivity (Wildman–Crippen MR) is 61.3 cm³/mol. The highest BCUT2D eigenvalue weighted by Gasteiger charge is 2.17. The minimum atomic E-state index is -3.54. The van der Waals surface area contributed by atoms with Gasteiger partial charge in [0.1, 0.15) is 0 Å². The first-order chi connectivity index (χ1) is 7.95. The van der Waals surface area contributed by atoms with Crippen molar-refractivity contribution in [3.63, 3.8) is 0 Å². The Labute approximate surface area is 101 Å². The predicted octanol–water partition coefficient (Wildman–Crippen LogP) is -0.368. The molecule has 0 bridgehead atoms. The summed E-state index contributed by atoms with van der Waals surface area (Å²) in [6.07, 6.45) is 0.402. The third-order valence-electron chi connectivity index (χ3n) is 2.15. The molecule has 98 valence electrons. The molecule has 2 N–H and O–H groups in total. The second-order valence-electron chi connectivity index (χ2n) is 3.66. The average molecular weight is 263 g/mol. The van der Waals surface area contributed by atoms with Gasteiger partial charge in [-0.05, 0) is 13.3 Å². The Balaban J connectivity index is 2.49. The van der Waals surface area contributed by atoms with Gasteiger partial charge in [0, 0.05) is 26.3 Å². The van der Waals surface area contributed by atoms with E-state index in [1.807, 2.05) is 0 Å². The maximum atomic E-state index is 11.7. The molecular weight excluding hydrogens is 246 g/mol. The standard InChI is InChI=1S/C9H17N3O4S/c1-8-6-9(16-11-8)7-10-17(14,15)12(2)4-3-5-13/h6,10,13H,3-5,7H2,1-2H3. The molecule has 0 aliphatic carbocycles. The van der Waals surface area contributed by atoms with Crippen molar-refractivity contribution in [2.24, 2.45) is 0 Å². The summed E-state index contributed by atoms with van der Waals surface area (Å²) in [4.78, 5) is 0. The number of nitrogens with zero attached hydrogens (tertiary/aromatic N) is 2. The van der Waals surface area contributed by atoms with Crippen LogP contribution in [0.25, 0.3) is 0 Å². The van der Waals surface area contributed by atoms with E-state index in [0.717, 1.165) is 4.31 Å². The van der Waals surface area contributed by atoms with Crippen molar-refractivity contribution in [2.45, 2.75) is 19.9 Å². The van der Waals surface area contributed by atoms with Crippen LogP contribution < -0.4 is 4.72 Å². The van der Waals surface area contributed by atoms with Gasteiger partial charge in [0.25, 0.3) is 10.2 Å². The van der Waals surface area contributed by atoms with E-state index in [0.29, 0.717) is 17.9 Å². The van der Waals surface area contributed by atoms with Gasteiger partial charge in [0.05, 0.1) is 12.2 Å². The van der Waals surface area contributed by atoms with Crippen LogP contribution in [0.4, 0.5) is 0 Å². The van der Waals surface area contributed by atoms with Crippen molar-refractivity contribution in [2.75, 3.05) is 20.2 Å². The number of aromatic nitrogens is 1. The maximum absolute atomic E-state index is 11.7. The summed E-state index contributed by atoms with van der Waals surface area (Å²) in [5.74, 6) is 0.460. The van der Waals surface area contributed by atoms with Crippen molar-refractivity contribution in [1.82, 2.24) is 14.2 Å². The molecule has 1 aromatic rings. The lowest BCUT2D eigenvalue weighted by molar-refractivity contribution is 0.275. The molecule has 0 aliphatic rings. The van der Waals surface area contributed by atoms with Crippen LogP contribution in [0.15, 0.2) is 10.6 Å². The molecule has 0 amide bonds. The molecule has 0 aromatic carbocycles. The Bertz CT molecular complexity index is 443. The molecule has 17 heavy (non-hydrogen) atoms. The van der Waals surface area contributed by atoms with E-state index in [-0.39, 0.29) is 19.7 Å². The first-order valence-electron chi connectivity index (χ1n) is 5.19. The summed E-state index contributed by atoms with van der Waals surface area (Å²) >= 11 is 0. The zero-order chi connectivity index (χ0) is 12.9. The monoisotopic (exact) mass is 263 g/mol. The van der Waals surface area contributed by atoms with Crippen molar-refractivity contribution in [1.29, 1.82) is 0 Å². The average Bonchev–Trinajstić information content (AvgIpc) is 2.69. The zero-order valence-corrected chi connectivity index (χ0v) is 10.7. The van der Waals surface area contributed by atoms with Crippen molar-refractivity contribution < 1.29 is 18.0 Å². The number of rotatable bonds is 7. The molecule has 0 saturated carbocycles. The third-order valence-corrected chi connectivity index (χ3v) is 3.66. The van der Waals surface area contributed by atoms with E-state index < -0.39 is 10.2 Å². The Morgan fingerprint density at radius 1 is 1.59 bits per heavy atom. The summed E-state index contributed by atoms with van der Waals surface area (Å²) in [6.45, 7) is 2.05. The van der Waals surface area contributed by atoms with E-state index in [2.05, 4.69) is 9.88 Å². The highest BCUT2D eigenvalue weighted by molar-refractivity contribution is 7.87. The molecule has 1 aromatic heterocycles. The second-order valence-corrected chi connectivity index (χ2v) is 5.52. The van der Waals surface area contributed by atoms with Crippen LogP contribution in [-0.4, -0.2) is 43.2 Å². The van der Waals surface area contributed by atoms with Crippen LogP contribution in [0.1, 0.15) is 17.9 Å².